The van der Waals surface area contributed by atoms with Gasteiger partial charge in [0.1, 0.15) is 18.1 Å². The zero-order chi connectivity index (χ0) is 21.6. The Balaban J connectivity index is 1.46. The number of hydrogen-bond acceptors (Lipinski definition) is 6. The largest absolute Gasteiger partial charge is 0.494 e. The second-order valence-corrected chi connectivity index (χ2v) is 9.16. The molecule has 3 rings (SSSR count). The summed E-state index contributed by atoms with van der Waals surface area (Å²) in [5, 5.41) is 0. The van der Waals surface area contributed by atoms with Crippen LogP contribution in [0.2, 0.25) is 0 Å². The van der Waals surface area contributed by atoms with Crippen LogP contribution in [0.5, 0.6) is 11.5 Å². The van der Waals surface area contributed by atoms with Gasteiger partial charge in [0.15, 0.2) is 9.84 Å². The second-order valence-electron chi connectivity index (χ2n) is 6.93. The lowest BCUT2D eigenvalue weighted by atomic mass is 10.1. The van der Waals surface area contributed by atoms with Crippen LogP contribution in [0.3, 0.4) is 0 Å². The molecule has 1 aliphatic rings. The van der Waals surface area contributed by atoms with E-state index in [1.165, 1.54) is 0 Å². The Bertz CT molecular complexity index is 987. The number of benzene rings is 2. The van der Waals surface area contributed by atoms with E-state index in [0.717, 1.165) is 11.3 Å². The fraction of sp³-hybridized carbons (Fsp3) is 0.333. The lowest BCUT2D eigenvalue weighted by Crippen LogP contribution is -2.44. The molecular formula is C21H24N2O6S. The summed E-state index contributed by atoms with van der Waals surface area (Å²) in [4.78, 5) is 24.2. The van der Waals surface area contributed by atoms with Crippen LogP contribution in [0.25, 0.3) is 0 Å². The van der Waals surface area contributed by atoms with Crippen molar-refractivity contribution in [3.8, 4) is 11.5 Å². The molecule has 2 N–H and O–H groups in total. The molecule has 1 saturated heterocycles. The molecule has 9 heteroatoms. The van der Waals surface area contributed by atoms with Gasteiger partial charge in [-0.3, -0.25) is 20.4 Å². The van der Waals surface area contributed by atoms with Crippen LogP contribution in [-0.4, -0.2) is 38.3 Å². The molecule has 0 spiro atoms. The standard InChI is InChI=1S/C21H24N2O6S/c1-2-28-18-7-9-19(10-8-18)29-13-15-3-5-16(6-4-15)20(24)22-23-21(25)17-11-12-30(26,27)14-17/h3-10,17H,2,11-14H2,1H3,(H,22,24)(H,23,25). The van der Waals surface area contributed by atoms with Crippen molar-refractivity contribution in [2.24, 2.45) is 5.92 Å². The summed E-state index contributed by atoms with van der Waals surface area (Å²) in [6, 6.07) is 14.1. The van der Waals surface area contributed by atoms with E-state index in [1.54, 1.807) is 24.3 Å². The van der Waals surface area contributed by atoms with Crippen molar-refractivity contribution in [3.05, 3.63) is 59.7 Å². The average Bonchev–Trinajstić information content (AvgIpc) is 3.11. The van der Waals surface area contributed by atoms with Gasteiger partial charge in [-0.1, -0.05) is 12.1 Å². The molecule has 0 bridgehead atoms. The first-order chi connectivity index (χ1) is 14.4. The van der Waals surface area contributed by atoms with Gasteiger partial charge in [-0.2, -0.15) is 0 Å². The Kier molecular flexibility index (Phi) is 6.94. The maximum absolute atomic E-state index is 12.2. The third-order valence-electron chi connectivity index (χ3n) is 4.66. The third kappa shape index (κ3) is 5.96. The maximum Gasteiger partial charge on any atom is 0.269 e. The summed E-state index contributed by atoms with van der Waals surface area (Å²) >= 11 is 0. The summed E-state index contributed by atoms with van der Waals surface area (Å²) in [6.07, 6.45) is 0.271. The molecule has 2 amide bonds. The van der Waals surface area contributed by atoms with Gasteiger partial charge >= 0.3 is 0 Å². The number of amides is 2. The topological polar surface area (TPSA) is 111 Å². The van der Waals surface area contributed by atoms with Crippen molar-refractivity contribution < 1.29 is 27.5 Å². The summed E-state index contributed by atoms with van der Waals surface area (Å²) < 4.78 is 34.0. The van der Waals surface area contributed by atoms with E-state index in [1.807, 2.05) is 31.2 Å². The summed E-state index contributed by atoms with van der Waals surface area (Å²) in [6.45, 7) is 2.86. The summed E-state index contributed by atoms with van der Waals surface area (Å²) in [5.74, 6) is -0.305. The molecule has 1 aliphatic heterocycles. The third-order valence-corrected chi connectivity index (χ3v) is 6.43. The van der Waals surface area contributed by atoms with E-state index in [4.69, 9.17) is 9.47 Å². The lowest BCUT2D eigenvalue weighted by molar-refractivity contribution is -0.125. The number of hydrazine groups is 1. The Labute approximate surface area is 175 Å². The van der Waals surface area contributed by atoms with Crippen molar-refractivity contribution in [2.75, 3.05) is 18.1 Å². The minimum absolute atomic E-state index is 0.000766. The normalized spacial score (nSPS) is 17.2. The van der Waals surface area contributed by atoms with Crippen molar-refractivity contribution in [2.45, 2.75) is 20.0 Å². The predicted molar refractivity (Wildman–Crippen MR) is 111 cm³/mol. The number of carbonyl (C=O) groups is 2. The fourth-order valence-corrected chi connectivity index (χ4v) is 4.75. The minimum atomic E-state index is -3.16. The zero-order valence-electron chi connectivity index (χ0n) is 16.6. The van der Waals surface area contributed by atoms with Gasteiger partial charge in [0.05, 0.1) is 24.0 Å². The van der Waals surface area contributed by atoms with E-state index < -0.39 is 27.6 Å². The van der Waals surface area contributed by atoms with Crippen LogP contribution in [-0.2, 0) is 21.2 Å². The second kappa shape index (κ2) is 9.62. The Morgan fingerprint density at radius 2 is 1.60 bits per heavy atom. The highest BCUT2D eigenvalue weighted by molar-refractivity contribution is 7.91. The first-order valence-corrected chi connectivity index (χ1v) is 11.4. The number of carbonyl (C=O) groups excluding carboxylic acids is 2. The van der Waals surface area contributed by atoms with Crippen LogP contribution in [0, 0.1) is 5.92 Å². The quantitative estimate of drug-likeness (QED) is 0.646. The van der Waals surface area contributed by atoms with Crippen LogP contribution < -0.4 is 20.3 Å². The van der Waals surface area contributed by atoms with E-state index in [2.05, 4.69) is 10.9 Å². The van der Waals surface area contributed by atoms with E-state index >= 15 is 0 Å². The number of ether oxygens (including phenoxy) is 2. The number of sulfone groups is 1. The fourth-order valence-electron chi connectivity index (χ4n) is 3.01. The minimum Gasteiger partial charge on any atom is -0.494 e. The van der Waals surface area contributed by atoms with Gasteiger partial charge in [0.25, 0.3) is 5.91 Å². The molecule has 0 saturated carbocycles. The Hall–Kier alpha value is -3.07. The number of rotatable bonds is 7. The van der Waals surface area contributed by atoms with Crippen LogP contribution in [0.15, 0.2) is 48.5 Å². The van der Waals surface area contributed by atoms with Gasteiger partial charge in [-0.25, -0.2) is 8.42 Å². The van der Waals surface area contributed by atoms with E-state index in [-0.39, 0.29) is 17.9 Å². The Morgan fingerprint density at radius 3 is 2.17 bits per heavy atom. The zero-order valence-corrected chi connectivity index (χ0v) is 17.4. The molecule has 1 fully saturated rings. The van der Waals surface area contributed by atoms with Gasteiger partial charge in [-0.15, -0.1) is 0 Å². The molecule has 160 valence electrons. The molecule has 1 heterocycles. The highest BCUT2D eigenvalue weighted by Crippen LogP contribution is 2.19. The highest BCUT2D eigenvalue weighted by atomic mass is 32.2. The molecule has 2 aromatic rings. The molecule has 0 radical (unpaired) electrons. The van der Waals surface area contributed by atoms with Gasteiger partial charge in [0, 0.05) is 5.56 Å². The van der Waals surface area contributed by atoms with Gasteiger partial charge < -0.3 is 9.47 Å². The SMILES string of the molecule is CCOc1ccc(OCc2ccc(C(=O)NNC(=O)C3CCS(=O)(=O)C3)cc2)cc1. The predicted octanol–water partition coefficient (Wildman–Crippen LogP) is 1.86. The van der Waals surface area contributed by atoms with Crippen LogP contribution in [0.4, 0.5) is 0 Å². The van der Waals surface area contributed by atoms with Crippen LogP contribution >= 0.6 is 0 Å². The number of nitrogens with one attached hydrogen (secondary N) is 2. The lowest BCUT2D eigenvalue weighted by Gasteiger charge is -2.11. The molecular weight excluding hydrogens is 408 g/mol. The van der Waals surface area contributed by atoms with Crippen molar-refractivity contribution in [3.63, 3.8) is 0 Å². The Morgan fingerprint density at radius 1 is 0.967 bits per heavy atom. The summed E-state index contributed by atoms with van der Waals surface area (Å²) in [7, 11) is -3.16. The van der Waals surface area contributed by atoms with Crippen LogP contribution in [0.1, 0.15) is 29.3 Å². The summed E-state index contributed by atoms with van der Waals surface area (Å²) in [5.41, 5.74) is 5.85. The molecule has 8 nitrogen and oxygen atoms in total. The molecule has 0 aliphatic carbocycles. The maximum atomic E-state index is 12.2. The average molecular weight is 432 g/mol. The van der Waals surface area contributed by atoms with Gasteiger partial charge in [-0.05, 0) is 55.3 Å². The van der Waals surface area contributed by atoms with Crippen molar-refractivity contribution in [1.29, 1.82) is 0 Å². The molecule has 0 aromatic heterocycles. The molecule has 1 atom stereocenters. The molecule has 1 unspecified atom stereocenters. The highest BCUT2D eigenvalue weighted by Gasteiger charge is 2.33. The number of hydrogen-bond donors (Lipinski definition) is 2. The van der Waals surface area contributed by atoms with Gasteiger partial charge in [0.2, 0.25) is 5.91 Å². The first kappa shape index (κ1) is 21.6. The smallest absolute Gasteiger partial charge is 0.269 e. The molecule has 30 heavy (non-hydrogen) atoms. The van der Waals surface area contributed by atoms with E-state index in [0.29, 0.717) is 24.5 Å². The van der Waals surface area contributed by atoms with Crippen molar-refractivity contribution in [1.82, 2.24) is 10.9 Å². The monoisotopic (exact) mass is 432 g/mol. The van der Waals surface area contributed by atoms with Crippen molar-refractivity contribution >= 4 is 21.7 Å². The first-order valence-electron chi connectivity index (χ1n) is 9.61. The molecule has 2 aromatic carbocycles. The van der Waals surface area contributed by atoms with E-state index in [9.17, 15) is 18.0 Å².